The van der Waals surface area contributed by atoms with Crippen molar-refractivity contribution >= 4 is 5.91 Å². The van der Waals surface area contributed by atoms with Crippen LogP contribution in [0.4, 0.5) is 13.2 Å². The van der Waals surface area contributed by atoms with Crippen LogP contribution in [0.2, 0.25) is 0 Å². The van der Waals surface area contributed by atoms with Crippen LogP contribution in [0, 0.1) is 5.92 Å². The Bertz CT molecular complexity index is 433. The molecule has 1 aliphatic rings. The summed E-state index contributed by atoms with van der Waals surface area (Å²) >= 11 is 0. The molecular formula is C11H14F3N3O. The Hall–Kier alpha value is -1.53. The van der Waals surface area contributed by atoms with E-state index in [2.05, 4.69) is 4.98 Å². The van der Waals surface area contributed by atoms with Gasteiger partial charge in [-0.3, -0.25) is 4.79 Å². The SMILES string of the molecule is Cn1ccnc1C(=O)N1CCC(C(F)(F)F)CC1. The number of imidazole rings is 1. The molecule has 1 aliphatic heterocycles. The number of rotatable bonds is 1. The highest BCUT2D eigenvalue weighted by molar-refractivity contribution is 5.90. The minimum atomic E-state index is -4.15. The van der Waals surface area contributed by atoms with Gasteiger partial charge in [0.25, 0.3) is 5.91 Å². The van der Waals surface area contributed by atoms with Crippen molar-refractivity contribution in [1.29, 1.82) is 0 Å². The van der Waals surface area contributed by atoms with Crippen molar-refractivity contribution in [1.82, 2.24) is 14.5 Å². The maximum atomic E-state index is 12.5. The lowest BCUT2D eigenvalue weighted by Gasteiger charge is -2.32. The Morgan fingerprint density at radius 2 is 2.00 bits per heavy atom. The van der Waals surface area contributed by atoms with Gasteiger partial charge in [0.05, 0.1) is 5.92 Å². The Morgan fingerprint density at radius 1 is 1.39 bits per heavy atom. The van der Waals surface area contributed by atoms with Gasteiger partial charge in [0.1, 0.15) is 0 Å². The molecule has 18 heavy (non-hydrogen) atoms. The van der Waals surface area contributed by atoms with Crippen LogP contribution in [0.15, 0.2) is 12.4 Å². The van der Waals surface area contributed by atoms with Crippen LogP contribution >= 0.6 is 0 Å². The average Bonchev–Trinajstić information content (AvgIpc) is 2.73. The first kappa shape index (κ1) is 12.9. The molecule has 0 atom stereocenters. The minimum absolute atomic E-state index is 0.0281. The number of likely N-dealkylation sites (tertiary alicyclic amines) is 1. The Labute approximate surface area is 102 Å². The zero-order valence-corrected chi connectivity index (χ0v) is 9.94. The Kier molecular flexibility index (Phi) is 3.32. The van der Waals surface area contributed by atoms with E-state index in [0.29, 0.717) is 0 Å². The van der Waals surface area contributed by atoms with E-state index in [1.54, 1.807) is 17.8 Å². The van der Waals surface area contributed by atoms with Gasteiger partial charge in [0.2, 0.25) is 0 Å². The largest absolute Gasteiger partial charge is 0.391 e. The van der Waals surface area contributed by atoms with Crippen molar-refractivity contribution in [3.05, 3.63) is 18.2 Å². The fourth-order valence-electron chi connectivity index (χ4n) is 2.12. The lowest BCUT2D eigenvalue weighted by Crippen LogP contribution is -2.42. The molecule has 0 N–H and O–H groups in total. The van der Waals surface area contributed by atoms with Crippen molar-refractivity contribution in [2.45, 2.75) is 19.0 Å². The smallest absolute Gasteiger partial charge is 0.336 e. The summed E-state index contributed by atoms with van der Waals surface area (Å²) in [7, 11) is 1.68. The first-order chi connectivity index (χ1) is 8.39. The van der Waals surface area contributed by atoms with Gasteiger partial charge in [0.15, 0.2) is 5.82 Å². The fourth-order valence-corrected chi connectivity index (χ4v) is 2.12. The van der Waals surface area contributed by atoms with E-state index >= 15 is 0 Å². The molecule has 1 amide bonds. The van der Waals surface area contributed by atoms with E-state index in [0.717, 1.165) is 0 Å². The number of piperidine rings is 1. The zero-order valence-electron chi connectivity index (χ0n) is 9.94. The van der Waals surface area contributed by atoms with E-state index in [1.807, 2.05) is 0 Å². The maximum Gasteiger partial charge on any atom is 0.391 e. The van der Waals surface area contributed by atoms with Crippen LogP contribution in [0.5, 0.6) is 0 Å². The number of carbonyl (C=O) groups is 1. The lowest BCUT2D eigenvalue weighted by atomic mass is 9.96. The van der Waals surface area contributed by atoms with E-state index in [-0.39, 0.29) is 37.7 Å². The number of alkyl halides is 3. The van der Waals surface area contributed by atoms with Crippen molar-refractivity contribution in [2.24, 2.45) is 13.0 Å². The summed E-state index contributed by atoms with van der Waals surface area (Å²) in [6.45, 7) is 0.270. The first-order valence-corrected chi connectivity index (χ1v) is 5.73. The lowest BCUT2D eigenvalue weighted by molar-refractivity contribution is -0.183. The van der Waals surface area contributed by atoms with Gasteiger partial charge in [-0.25, -0.2) is 4.98 Å². The van der Waals surface area contributed by atoms with E-state index in [1.165, 1.54) is 11.1 Å². The number of amides is 1. The molecule has 0 unspecified atom stereocenters. The maximum absolute atomic E-state index is 12.5. The second kappa shape index (κ2) is 4.62. The van der Waals surface area contributed by atoms with Crippen molar-refractivity contribution in [3.63, 3.8) is 0 Å². The molecule has 0 aliphatic carbocycles. The Morgan fingerprint density at radius 3 is 2.44 bits per heavy atom. The molecule has 1 aromatic rings. The van der Waals surface area contributed by atoms with Gasteiger partial charge in [-0.1, -0.05) is 0 Å². The van der Waals surface area contributed by atoms with Crippen LogP contribution in [0.25, 0.3) is 0 Å². The number of carbonyl (C=O) groups excluding carboxylic acids is 1. The zero-order chi connectivity index (χ0) is 13.3. The first-order valence-electron chi connectivity index (χ1n) is 5.73. The highest BCUT2D eigenvalue weighted by Crippen LogP contribution is 2.34. The molecule has 1 saturated heterocycles. The van der Waals surface area contributed by atoms with Gasteiger partial charge in [-0.15, -0.1) is 0 Å². The molecule has 0 bridgehead atoms. The molecule has 0 radical (unpaired) electrons. The summed E-state index contributed by atoms with van der Waals surface area (Å²) in [6, 6.07) is 0. The fraction of sp³-hybridized carbons (Fsp3) is 0.636. The molecule has 100 valence electrons. The molecule has 0 saturated carbocycles. The van der Waals surface area contributed by atoms with Gasteiger partial charge in [-0.05, 0) is 12.8 Å². The van der Waals surface area contributed by atoms with Crippen LogP contribution in [0.1, 0.15) is 23.5 Å². The third kappa shape index (κ3) is 2.49. The van der Waals surface area contributed by atoms with Crippen molar-refractivity contribution in [2.75, 3.05) is 13.1 Å². The van der Waals surface area contributed by atoms with Gasteiger partial charge >= 0.3 is 6.18 Å². The second-order valence-electron chi connectivity index (χ2n) is 4.47. The summed E-state index contributed by atoms with van der Waals surface area (Å²) in [5.41, 5.74) is 0. The van der Waals surface area contributed by atoms with Crippen LogP contribution in [-0.4, -0.2) is 39.6 Å². The van der Waals surface area contributed by atoms with Crippen LogP contribution in [0.3, 0.4) is 0 Å². The summed E-state index contributed by atoms with van der Waals surface area (Å²) < 4.78 is 39.0. The van der Waals surface area contributed by atoms with Gasteiger partial charge < -0.3 is 9.47 Å². The molecule has 7 heteroatoms. The number of hydrogen-bond acceptors (Lipinski definition) is 2. The number of nitrogens with zero attached hydrogens (tertiary/aromatic N) is 3. The predicted octanol–water partition coefficient (Wildman–Crippen LogP) is 1.83. The topological polar surface area (TPSA) is 38.1 Å². The molecule has 0 spiro atoms. The number of hydrogen-bond donors (Lipinski definition) is 0. The normalized spacial score (nSPS) is 18.1. The van der Waals surface area contributed by atoms with Gasteiger partial charge in [0, 0.05) is 32.5 Å². The van der Waals surface area contributed by atoms with Crippen LogP contribution < -0.4 is 0 Å². The third-order valence-electron chi connectivity index (χ3n) is 3.26. The highest BCUT2D eigenvalue weighted by Gasteiger charge is 2.42. The summed E-state index contributed by atoms with van der Waals surface area (Å²) in [5.74, 6) is -1.33. The molecule has 4 nitrogen and oxygen atoms in total. The standard InChI is InChI=1S/C11H14F3N3O/c1-16-7-4-15-9(16)10(18)17-5-2-8(3-6-17)11(12,13)14/h4,7-8H,2-3,5-6H2,1H3. The molecule has 1 aromatic heterocycles. The van der Waals surface area contributed by atoms with Crippen molar-refractivity contribution in [3.8, 4) is 0 Å². The van der Waals surface area contributed by atoms with Crippen LogP contribution in [-0.2, 0) is 7.05 Å². The number of aromatic nitrogens is 2. The average molecular weight is 261 g/mol. The van der Waals surface area contributed by atoms with Crippen molar-refractivity contribution < 1.29 is 18.0 Å². The minimum Gasteiger partial charge on any atom is -0.336 e. The monoisotopic (exact) mass is 261 g/mol. The molecular weight excluding hydrogens is 247 g/mol. The third-order valence-corrected chi connectivity index (χ3v) is 3.26. The molecule has 2 heterocycles. The summed E-state index contributed by atoms with van der Waals surface area (Å²) in [6.07, 6.45) is -1.08. The van der Waals surface area contributed by atoms with Gasteiger partial charge in [-0.2, -0.15) is 13.2 Å². The number of aryl methyl sites for hydroxylation is 1. The Balaban J connectivity index is 1.99. The van der Waals surface area contributed by atoms with E-state index in [9.17, 15) is 18.0 Å². The highest BCUT2D eigenvalue weighted by atomic mass is 19.4. The quantitative estimate of drug-likeness (QED) is 0.773. The molecule has 2 rings (SSSR count). The van der Waals surface area contributed by atoms with E-state index < -0.39 is 12.1 Å². The summed E-state index contributed by atoms with van der Waals surface area (Å²) in [4.78, 5) is 17.3. The number of halogens is 3. The second-order valence-corrected chi connectivity index (χ2v) is 4.47. The molecule has 1 fully saturated rings. The van der Waals surface area contributed by atoms with E-state index in [4.69, 9.17) is 0 Å². The predicted molar refractivity (Wildman–Crippen MR) is 57.9 cm³/mol. The molecule has 0 aromatic carbocycles. The summed E-state index contributed by atoms with van der Waals surface area (Å²) in [5, 5.41) is 0.